The van der Waals surface area contributed by atoms with E-state index in [0.29, 0.717) is 34.5 Å². The summed E-state index contributed by atoms with van der Waals surface area (Å²) in [5.74, 6) is -0.299. The average molecular weight is 447 g/mol. The van der Waals surface area contributed by atoms with Gasteiger partial charge in [0.2, 0.25) is 0 Å². The monoisotopic (exact) mass is 446 g/mol. The lowest BCUT2D eigenvalue weighted by atomic mass is 10.0. The minimum absolute atomic E-state index is 0.212. The zero-order valence-corrected chi connectivity index (χ0v) is 19.0. The van der Waals surface area contributed by atoms with E-state index >= 15 is 0 Å². The number of methoxy groups -OCH3 is 1. The van der Waals surface area contributed by atoms with Crippen molar-refractivity contribution in [3.63, 3.8) is 0 Å². The number of benzene rings is 1. The third kappa shape index (κ3) is 3.93. The standard InChI is InChI=1S/C23H26N8O2/c1-13-7-24-21-18(9-26-31(21)10-13)28-22(32)16-5-6-19(30-11-14(2)27-15(3)12-30)17-8-25-23(33-4)29-20(16)17/h5-10,14-15,27H,11-12H2,1-4H3,(H,28,32)/t14-,15+. The molecule has 1 saturated heterocycles. The summed E-state index contributed by atoms with van der Waals surface area (Å²) in [7, 11) is 1.51. The number of rotatable bonds is 4. The van der Waals surface area contributed by atoms with E-state index in [2.05, 4.69) is 49.4 Å². The molecule has 10 nitrogen and oxygen atoms in total. The number of nitrogens with zero attached hydrogens (tertiary/aromatic N) is 6. The Morgan fingerprint density at radius 2 is 1.94 bits per heavy atom. The highest BCUT2D eigenvalue weighted by molar-refractivity contribution is 6.14. The molecule has 2 N–H and O–H groups in total. The van der Waals surface area contributed by atoms with Crippen LogP contribution in [0.5, 0.6) is 6.01 Å². The van der Waals surface area contributed by atoms with Crippen molar-refractivity contribution in [2.45, 2.75) is 32.9 Å². The van der Waals surface area contributed by atoms with Crippen molar-refractivity contribution in [1.82, 2.24) is 29.9 Å². The average Bonchev–Trinajstić information content (AvgIpc) is 3.18. The molecule has 0 spiro atoms. The summed E-state index contributed by atoms with van der Waals surface area (Å²) >= 11 is 0. The molecule has 1 aliphatic rings. The number of nitrogens with one attached hydrogen (secondary N) is 2. The Bertz CT molecular complexity index is 1340. The molecular formula is C23H26N8O2. The van der Waals surface area contributed by atoms with Gasteiger partial charge in [-0.05, 0) is 38.5 Å². The molecule has 1 aromatic carbocycles. The van der Waals surface area contributed by atoms with E-state index in [1.54, 1.807) is 29.2 Å². The molecular weight excluding hydrogens is 420 g/mol. The molecule has 3 aromatic heterocycles. The predicted octanol–water partition coefficient (Wildman–Crippen LogP) is 2.43. The van der Waals surface area contributed by atoms with Gasteiger partial charge < -0.3 is 20.3 Å². The summed E-state index contributed by atoms with van der Waals surface area (Å²) in [4.78, 5) is 28.9. The Morgan fingerprint density at radius 1 is 1.15 bits per heavy atom. The van der Waals surface area contributed by atoms with Crippen LogP contribution in [0.3, 0.4) is 0 Å². The number of aromatic nitrogens is 5. The number of carbonyl (C=O) groups is 1. The number of hydrogen-bond acceptors (Lipinski definition) is 8. The van der Waals surface area contributed by atoms with E-state index in [9.17, 15) is 4.79 Å². The van der Waals surface area contributed by atoms with Crippen molar-refractivity contribution < 1.29 is 9.53 Å². The van der Waals surface area contributed by atoms with Crippen LogP contribution in [0.15, 0.2) is 36.9 Å². The van der Waals surface area contributed by atoms with Crippen molar-refractivity contribution in [3.8, 4) is 6.01 Å². The first kappa shape index (κ1) is 21.1. The third-order valence-corrected chi connectivity index (χ3v) is 5.76. The highest BCUT2D eigenvalue weighted by atomic mass is 16.5. The fourth-order valence-electron chi connectivity index (χ4n) is 4.42. The maximum atomic E-state index is 13.3. The minimum Gasteiger partial charge on any atom is -0.467 e. The van der Waals surface area contributed by atoms with Crippen molar-refractivity contribution >= 4 is 33.8 Å². The van der Waals surface area contributed by atoms with Crippen LogP contribution in [0.4, 0.5) is 11.4 Å². The lowest BCUT2D eigenvalue weighted by Crippen LogP contribution is -2.54. The highest BCUT2D eigenvalue weighted by Gasteiger charge is 2.25. The summed E-state index contributed by atoms with van der Waals surface area (Å²) in [6.45, 7) is 7.97. The van der Waals surface area contributed by atoms with Crippen molar-refractivity contribution in [2.75, 3.05) is 30.4 Å². The smallest absolute Gasteiger partial charge is 0.316 e. The van der Waals surface area contributed by atoms with Crippen LogP contribution < -0.4 is 20.3 Å². The molecule has 0 bridgehead atoms. The Morgan fingerprint density at radius 3 is 2.70 bits per heavy atom. The zero-order valence-electron chi connectivity index (χ0n) is 19.0. The molecule has 10 heteroatoms. The lowest BCUT2D eigenvalue weighted by molar-refractivity contribution is 0.102. The highest BCUT2D eigenvalue weighted by Crippen LogP contribution is 2.31. The maximum absolute atomic E-state index is 13.3. The normalized spacial score (nSPS) is 18.6. The van der Waals surface area contributed by atoms with Gasteiger partial charge in [0.15, 0.2) is 5.65 Å². The van der Waals surface area contributed by atoms with Gasteiger partial charge in [-0.3, -0.25) is 4.79 Å². The molecule has 4 aromatic rings. The zero-order chi connectivity index (χ0) is 23.1. The Hall–Kier alpha value is -3.79. The van der Waals surface area contributed by atoms with E-state index in [-0.39, 0.29) is 11.9 Å². The topological polar surface area (TPSA) is 110 Å². The largest absolute Gasteiger partial charge is 0.467 e. The van der Waals surface area contributed by atoms with E-state index in [0.717, 1.165) is 29.7 Å². The second-order valence-corrected chi connectivity index (χ2v) is 8.54. The summed E-state index contributed by atoms with van der Waals surface area (Å²) in [5.41, 5.74) is 4.05. The fraction of sp³-hybridized carbons (Fsp3) is 0.348. The van der Waals surface area contributed by atoms with Gasteiger partial charge in [-0.15, -0.1) is 0 Å². The van der Waals surface area contributed by atoms with Gasteiger partial charge in [-0.2, -0.15) is 10.1 Å². The Labute approximate surface area is 191 Å². The van der Waals surface area contributed by atoms with Gasteiger partial charge >= 0.3 is 6.01 Å². The van der Waals surface area contributed by atoms with Crippen LogP contribution in [0.1, 0.15) is 29.8 Å². The number of carbonyl (C=O) groups excluding carboxylic acids is 1. The van der Waals surface area contributed by atoms with Crippen molar-refractivity contribution in [3.05, 3.63) is 48.0 Å². The van der Waals surface area contributed by atoms with E-state index < -0.39 is 0 Å². The number of anilines is 2. The Kier molecular flexibility index (Phi) is 5.29. The summed E-state index contributed by atoms with van der Waals surface area (Å²) in [6.07, 6.45) is 6.92. The Balaban J connectivity index is 1.55. The van der Waals surface area contributed by atoms with Crippen LogP contribution in [0.2, 0.25) is 0 Å². The first-order valence-corrected chi connectivity index (χ1v) is 10.9. The quantitative estimate of drug-likeness (QED) is 0.492. The van der Waals surface area contributed by atoms with Gasteiger partial charge in [0, 0.05) is 54.8 Å². The van der Waals surface area contributed by atoms with Gasteiger partial charge in [-0.1, -0.05) is 0 Å². The first-order valence-electron chi connectivity index (χ1n) is 10.9. The summed E-state index contributed by atoms with van der Waals surface area (Å²) < 4.78 is 6.89. The van der Waals surface area contributed by atoms with E-state index in [1.165, 1.54) is 7.11 Å². The number of aryl methyl sites for hydroxylation is 1. The number of hydrogen-bond donors (Lipinski definition) is 2. The van der Waals surface area contributed by atoms with Crippen molar-refractivity contribution in [2.24, 2.45) is 0 Å². The fourth-order valence-corrected chi connectivity index (χ4v) is 4.42. The predicted molar refractivity (Wildman–Crippen MR) is 126 cm³/mol. The van der Waals surface area contributed by atoms with Crippen LogP contribution in [0.25, 0.3) is 16.6 Å². The van der Waals surface area contributed by atoms with Crippen LogP contribution >= 0.6 is 0 Å². The SMILES string of the molecule is COc1ncc2c(N3C[C@@H](C)N[C@@H](C)C3)ccc(C(=O)Nc3cnn4cc(C)cnc34)c2n1. The number of fused-ring (bicyclic) bond motifs is 2. The molecule has 170 valence electrons. The molecule has 1 aliphatic heterocycles. The molecule has 1 fully saturated rings. The number of amides is 1. The number of piperazine rings is 1. The summed E-state index contributed by atoms with van der Waals surface area (Å²) in [6, 6.07) is 4.68. The van der Waals surface area contributed by atoms with Crippen LogP contribution in [0, 0.1) is 6.92 Å². The minimum atomic E-state index is -0.299. The van der Waals surface area contributed by atoms with Crippen LogP contribution in [-0.4, -0.2) is 62.8 Å². The van der Waals surface area contributed by atoms with Crippen molar-refractivity contribution in [1.29, 1.82) is 0 Å². The molecule has 33 heavy (non-hydrogen) atoms. The molecule has 4 heterocycles. The lowest BCUT2D eigenvalue weighted by Gasteiger charge is -2.38. The molecule has 5 rings (SSSR count). The second kappa shape index (κ2) is 8.28. The van der Waals surface area contributed by atoms with E-state index in [1.807, 2.05) is 19.2 Å². The van der Waals surface area contributed by atoms with E-state index in [4.69, 9.17) is 4.74 Å². The van der Waals surface area contributed by atoms with Gasteiger partial charge in [0.05, 0.1) is 24.4 Å². The summed E-state index contributed by atoms with van der Waals surface area (Å²) in [5, 5.41) is 11.6. The van der Waals surface area contributed by atoms with Crippen LogP contribution in [-0.2, 0) is 0 Å². The second-order valence-electron chi connectivity index (χ2n) is 8.54. The van der Waals surface area contributed by atoms with Gasteiger partial charge in [0.25, 0.3) is 5.91 Å². The first-order chi connectivity index (χ1) is 15.9. The molecule has 1 amide bonds. The number of ether oxygens (including phenoxy) is 1. The molecule has 2 atom stereocenters. The van der Waals surface area contributed by atoms with Gasteiger partial charge in [0.1, 0.15) is 5.69 Å². The van der Waals surface area contributed by atoms with Gasteiger partial charge in [-0.25, -0.2) is 14.5 Å². The molecule has 0 unspecified atom stereocenters. The maximum Gasteiger partial charge on any atom is 0.316 e. The molecule has 0 aliphatic carbocycles. The molecule has 0 saturated carbocycles. The molecule has 0 radical (unpaired) electrons. The third-order valence-electron chi connectivity index (χ3n) is 5.76.